The van der Waals surface area contributed by atoms with Crippen LogP contribution in [0.1, 0.15) is 11.1 Å². The first kappa shape index (κ1) is 14.7. The fraction of sp³-hybridized carbons (Fsp3) is 0.188. The highest BCUT2D eigenvalue weighted by atomic mass is 79.9. The number of aliphatic carboxylic acids is 1. The molecule has 20 heavy (non-hydrogen) atoms. The summed E-state index contributed by atoms with van der Waals surface area (Å²) in [6.45, 7) is 0. The number of hydrogen-bond donors (Lipinski definition) is 1. The minimum Gasteiger partial charge on any atom is -0.481 e. The normalized spacial score (nSPS) is 12.1. The standard InChI is InChI=1S/C16H14BrFO2/c17-14-7-3-1-5-11(14)9-13(16(19)20)10-12-6-2-4-8-15(12)18/h1-8,13H,9-10H2,(H,19,20). The zero-order valence-corrected chi connectivity index (χ0v) is 12.3. The predicted octanol–water partition coefficient (Wildman–Crippen LogP) is 4.07. The number of halogens is 2. The van der Waals surface area contributed by atoms with Crippen molar-refractivity contribution in [2.24, 2.45) is 5.92 Å². The van der Waals surface area contributed by atoms with E-state index in [1.807, 2.05) is 24.3 Å². The number of hydrogen-bond acceptors (Lipinski definition) is 1. The fourth-order valence-corrected chi connectivity index (χ4v) is 2.55. The summed E-state index contributed by atoms with van der Waals surface area (Å²) in [7, 11) is 0. The van der Waals surface area contributed by atoms with Crippen LogP contribution in [0, 0.1) is 11.7 Å². The zero-order valence-electron chi connectivity index (χ0n) is 10.7. The largest absolute Gasteiger partial charge is 0.481 e. The van der Waals surface area contributed by atoms with Gasteiger partial charge in [-0.3, -0.25) is 4.79 Å². The number of rotatable bonds is 5. The van der Waals surface area contributed by atoms with E-state index in [2.05, 4.69) is 15.9 Å². The number of carbonyl (C=O) groups is 1. The molecule has 2 aromatic rings. The molecule has 1 unspecified atom stereocenters. The van der Waals surface area contributed by atoms with Crippen molar-refractivity contribution in [3.63, 3.8) is 0 Å². The van der Waals surface area contributed by atoms with Gasteiger partial charge in [0.15, 0.2) is 0 Å². The highest BCUT2D eigenvalue weighted by Gasteiger charge is 2.21. The first-order valence-corrected chi connectivity index (χ1v) is 7.07. The minimum atomic E-state index is -0.913. The Morgan fingerprint density at radius 2 is 1.60 bits per heavy atom. The Balaban J connectivity index is 2.19. The third kappa shape index (κ3) is 3.67. The Labute approximate surface area is 125 Å². The second kappa shape index (κ2) is 6.66. The predicted molar refractivity (Wildman–Crippen MR) is 79.1 cm³/mol. The Bertz CT molecular complexity index is 565. The Hall–Kier alpha value is -1.68. The summed E-state index contributed by atoms with van der Waals surface area (Å²) in [5.41, 5.74) is 1.35. The van der Waals surface area contributed by atoms with E-state index in [0.29, 0.717) is 12.0 Å². The molecule has 0 radical (unpaired) electrons. The van der Waals surface area contributed by atoms with E-state index in [-0.39, 0.29) is 12.2 Å². The molecule has 1 N–H and O–H groups in total. The SMILES string of the molecule is O=C(O)C(Cc1ccccc1F)Cc1ccccc1Br. The number of carboxylic acid groups (broad SMARTS) is 1. The van der Waals surface area contributed by atoms with Gasteiger partial charge in [-0.05, 0) is 36.1 Å². The van der Waals surface area contributed by atoms with Gasteiger partial charge in [0, 0.05) is 4.47 Å². The van der Waals surface area contributed by atoms with Crippen molar-refractivity contribution in [1.29, 1.82) is 0 Å². The van der Waals surface area contributed by atoms with E-state index in [4.69, 9.17) is 0 Å². The topological polar surface area (TPSA) is 37.3 Å². The third-order valence-corrected chi connectivity index (χ3v) is 3.97. The van der Waals surface area contributed by atoms with E-state index in [1.165, 1.54) is 6.07 Å². The second-order valence-electron chi connectivity index (χ2n) is 4.63. The van der Waals surface area contributed by atoms with Crippen molar-refractivity contribution >= 4 is 21.9 Å². The maximum Gasteiger partial charge on any atom is 0.307 e. The lowest BCUT2D eigenvalue weighted by Gasteiger charge is -2.14. The van der Waals surface area contributed by atoms with E-state index in [0.717, 1.165) is 10.0 Å². The van der Waals surface area contributed by atoms with Gasteiger partial charge in [-0.15, -0.1) is 0 Å². The van der Waals surface area contributed by atoms with Crippen LogP contribution >= 0.6 is 15.9 Å². The molecule has 1 atom stereocenters. The molecule has 2 nitrogen and oxygen atoms in total. The summed E-state index contributed by atoms with van der Waals surface area (Å²) >= 11 is 3.41. The molecule has 4 heteroatoms. The molecule has 0 spiro atoms. The molecule has 0 aliphatic rings. The highest BCUT2D eigenvalue weighted by Crippen LogP contribution is 2.22. The lowest BCUT2D eigenvalue weighted by Crippen LogP contribution is -2.20. The summed E-state index contributed by atoms with van der Waals surface area (Å²) in [4.78, 5) is 11.4. The Morgan fingerprint density at radius 1 is 1.05 bits per heavy atom. The molecule has 0 fully saturated rings. The van der Waals surface area contributed by atoms with Crippen molar-refractivity contribution in [3.05, 3.63) is 69.9 Å². The zero-order chi connectivity index (χ0) is 14.5. The molecular weight excluding hydrogens is 323 g/mol. The van der Waals surface area contributed by atoms with E-state index < -0.39 is 11.9 Å². The molecule has 104 valence electrons. The van der Waals surface area contributed by atoms with Gasteiger partial charge in [-0.1, -0.05) is 52.3 Å². The quantitative estimate of drug-likeness (QED) is 0.893. The first-order chi connectivity index (χ1) is 9.58. The van der Waals surface area contributed by atoms with Crippen molar-refractivity contribution < 1.29 is 14.3 Å². The van der Waals surface area contributed by atoms with Gasteiger partial charge < -0.3 is 5.11 Å². The molecule has 2 aromatic carbocycles. The highest BCUT2D eigenvalue weighted by molar-refractivity contribution is 9.10. The van der Waals surface area contributed by atoms with Gasteiger partial charge in [0.05, 0.1) is 5.92 Å². The van der Waals surface area contributed by atoms with Crippen LogP contribution in [0.5, 0.6) is 0 Å². The summed E-state index contributed by atoms with van der Waals surface area (Å²) in [5.74, 6) is -1.92. The maximum absolute atomic E-state index is 13.6. The summed E-state index contributed by atoms with van der Waals surface area (Å²) in [6.07, 6.45) is 0.550. The van der Waals surface area contributed by atoms with Crippen LogP contribution in [0.2, 0.25) is 0 Å². The lowest BCUT2D eigenvalue weighted by atomic mass is 9.92. The van der Waals surface area contributed by atoms with Crippen molar-refractivity contribution in [3.8, 4) is 0 Å². The van der Waals surface area contributed by atoms with Crippen LogP contribution in [-0.2, 0) is 17.6 Å². The van der Waals surface area contributed by atoms with Crippen LogP contribution in [-0.4, -0.2) is 11.1 Å². The first-order valence-electron chi connectivity index (χ1n) is 6.27. The lowest BCUT2D eigenvalue weighted by molar-refractivity contribution is -0.141. The van der Waals surface area contributed by atoms with Gasteiger partial charge in [-0.2, -0.15) is 0 Å². The van der Waals surface area contributed by atoms with E-state index >= 15 is 0 Å². The molecule has 0 saturated carbocycles. The average molecular weight is 337 g/mol. The molecule has 0 amide bonds. The second-order valence-corrected chi connectivity index (χ2v) is 5.48. The van der Waals surface area contributed by atoms with Gasteiger partial charge in [0.1, 0.15) is 5.82 Å². The smallest absolute Gasteiger partial charge is 0.307 e. The Kier molecular flexibility index (Phi) is 4.90. The molecular formula is C16H14BrFO2. The van der Waals surface area contributed by atoms with E-state index in [1.54, 1.807) is 18.2 Å². The van der Waals surface area contributed by atoms with Crippen LogP contribution < -0.4 is 0 Å². The summed E-state index contributed by atoms with van der Waals surface area (Å²) < 4.78 is 14.5. The number of benzene rings is 2. The van der Waals surface area contributed by atoms with Crippen molar-refractivity contribution in [2.75, 3.05) is 0 Å². The molecule has 0 heterocycles. The molecule has 0 bridgehead atoms. The molecule has 0 aliphatic heterocycles. The average Bonchev–Trinajstić information content (AvgIpc) is 2.42. The molecule has 0 saturated heterocycles. The summed E-state index contributed by atoms with van der Waals surface area (Å²) in [6, 6.07) is 13.8. The van der Waals surface area contributed by atoms with Gasteiger partial charge in [0.2, 0.25) is 0 Å². The molecule has 0 aliphatic carbocycles. The minimum absolute atomic E-state index is 0.184. The van der Waals surface area contributed by atoms with Crippen LogP contribution in [0.3, 0.4) is 0 Å². The monoisotopic (exact) mass is 336 g/mol. The van der Waals surface area contributed by atoms with Crippen LogP contribution in [0.4, 0.5) is 4.39 Å². The van der Waals surface area contributed by atoms with Gasteiger partial charge in [0.25, 0.3) is 0 Å². The number of carboxylic acids is 1. The molecule has 0 aromatic heterocycles. The van der Waals surface area contributed by atoms with Crippen LogP contribution in [0.25, 0.3) is 0 Å². The van der Waals surface area contributed by atoms with Gasteiger partial charge >= 0.3 is 5.97 Å². The van der Waals surface area contributed by atoms with Crippen LogP contribution in [0.15, 0.2) is 53.0 Å². The van der Waals surface area contributed by atoms with Crippen molar-refractivity contribution in [1.82, 2.24) is 0 Å². The molecule has 2 rings (SSSR count). The van der Waals surface area contributed by atoms with Crippen molar-refractivity contribution in [2.45, 2.75) is 12.8 Å². The van der Waals surface area contributed by atoms with E-state index in [9.17, 15) is 14.3 Å². The fourth-order valence-electron chi connectivity index (χ4n) is 2.11. The maximum atomic E-state index is 13.6. The van der Waals surface area contributed by atoms with Gasteiger partial charge in [-0.25, -0.2) is 4.39 Å². The third-order valence-electron chi connectivity index (χ3n) is 3.20. The Morgan fingerprint density at radius 3 is 2.20 bits per heavy atom. The summed E-state index contributed by atoms with van der Waals surface area (Å²) in [5, 5.41) is 9.34.